The van der Waals surface area contributed by atoms with Crippen molar-refractivity contribution in [2.45, 2.75) is 37.5 Å². The lowest BCUT2D eigenvalue weighted by Gasteiger charge is -2.20. The molecule has 0 amide bonds. The van der Waals surface area contributed by atoms with E-state index < -0.39 is 0 Å². The van der Waals surface area contributed by atoms with Crippen LogP contribution in [0, 0.1) is 11.8 Å². The van der Waals surface area contributed by atoms with Gasteiger partial charge in [0.2, 0.25) is 0 Å². The van der Waals surface area contributed by atoms with Gasteiger partial charge in [0.1, 0.15) is 11.6 Å². The number of benzene rings is 1. The Balaban J connectivity index is 1.89. The first kappa shape index (κ1) is 10.5. The first-order valence-electron chi connectivity index (χ1n) is 6.92. The topological polar surface area (TPSA) is 34.1 Å². The second-order valence-corrected chi connectivity index (χ2v) is 5.98. The molecule has 18 heavy (non-hydrogen) atoms. The van der Waals surface area contributed by atoms with Crippen LogP contribution < -0.4 is 0 Å². The highest BCUT2D eigenvalue weighted by Gasteiger charge is 2.48. The third-order valence-corrected chi connectivity index (χ3v) is 5.14. The molecule has 0 spiro atoms. The molecule has 0 radical (unpaired) electrons. The van der Waals surface area contributed by atoms with Crippen molar-refractivity contribution in [1.82, 2.24) is 0 Å². The second kappa shape index (κ2) is 3.53. The highest BCUT2D eigenvalue weighted by atomic mass is 16.1. The number of fused-ring (bicyclic) bond motifs is 7. The van der Waals surface area contributed by atoms with Gasteiger partial charge in [-0.1, -0.05) is 24.3 Å². The summed E-state index contributed by atoms with van der Waals surface area (Å²) in [5, 5.41) is 0. The maximum atomic E-state index is 12.6. The SMILES string of the molecule is O=C1[C@@H]2CC[C@@H](C2)C(=O)[C@@H]2C[C@H]1c1ccccc12. The van der Waals surface area contributed by atoms with Gasteiger partial charge in [-0.05, 0) is 36.8 Å². The molecule has 2 heteroatoms. The van der Waals surface area contributed by atoms with Gasteiger partial charge < -0.3 is 0 Å². The van der Waals surface area contributed by atoms with Crippen molar-refractivity contribution in [3.05, 3.63) is 35.4 Å². The van der Waals surface area contributed by atoms with E-state index in [1.54, 1.807) is 0 Å². The molecule has 1 aromatic carbocycles. The van der Waals surface area contributed by atoms with E-state index in [-0.39, 0.29) is 23.7 Å². The molecule has 92 valence electrons. The number of carbonyl (C=O) groups excluding carboxylic acids is 2. The van der Waals surface area contributed by atoms with E-state index in [0.717, 1.165) is 36.8 Å². The van der Waals surface area contributed by atoms with Crippen LogP contribution >= 0.6 is 0 Å². The van der Waals surface area contributed by atoms with E-state index in [0.29, 0.717) is 11.6 Å². The summed E-state index contributed by atoms with van der Waals surface area (Å²) in [6.07, 6.45) is 3.42. The van der Waals surface area contributed by atoms with Crippen molar-refractivity contribution < 1.29 is 9.59 Å². The van der Waals surface area contributed by atoms with Crippen LogP contribution in [0.3, 0.4) is 0 Å². The Bertz CT molecular complexity index is 499. The zero-order chi connectivity index (χ0) is 12.3. The lowest BCUT2D eigenvalue weighted by atomic mass is 9.81. The number of hydrogen-bond acceptors (Lipinski definition) is 2. The average Bonchev–Trinajstić information content (AvgIpc) is 3.02. The van der Waals surface area contributed by atoms with E-state index in [9.17, 15) is 9.59 Å². The van der Waals surface area contributed by atoms with Gasteiger partial charge in [0.05, 0.1) is 0 Å². The van der Waals surface area contributed by atoms with Crippen LogP contribution in [0.4, 0.5) is 0 Å². The highest BCUT2D eigenvalue weighted by molar-refractivity contribution is 5.97. The van der Waals surface area contributed by atoms with Crippen LogP contribution in [0.15, 0.2) is 24.3 Å². The van der Waals surface area contributed by atoms with E-state index >= 15 is 0 Å². The van der Waals surface area contributed by atoms with Crippen LogP contribution in [-0.4, -0.2) is 11.6 Å². The van der Waals surface area contributed by atoms with Crippen LogP contribution in [0.1, 0.15) is 48.6 Å². The maximum absolute atomic E-state index is 12.6. The summed E-state index contributed by atoms with van der Waals surface area (Å²) in [7, 11) is 0. The van der Waals surface area contributed by atoms with E-state index in [4.69, 9.17) is 0 Å². The standard InChI is InChI=1S/C16H16O2/c17-15-9-5-6-10(7-9)16(18)14-8-13(15)11-3-1-2-4-12(11)14/h1-4,9-10,13-14H,5-8H2/t9-,10+,13+,14-. The predicted molar refractivity (Wildman–Crippen MR) is 67.4 cm³/mol. The zero-order valence-electron chi connectivity index (χ0n) is 10.3. The molecule has 2 nitrogen and oxygen atoms in total. The molecule has 2 fully saturated rings. The largest absolute Gasteiger partial charge is 0.299 e. The fourth-order valence-corrected chi connectivity index (χ4v) is 4.24. The Morgan fingerprint density at radius 2 is 1.28 bits per heavy atom. The molecule has 0 saturated heterocycles. The minimum absolute atomic E-state index is 0.000741. The van der Waals surface area contributed by atoms with Crippen molar-refractivity contribution >= 4 is 11.6 Å². The summed E-state index contributed by atoms with van der Waals surface area (Å²) >= 11 is 0. The maximum Gasteiger partial charge on any atom is 0.143 e. The lowest BCUT2D eigenvalue weighted by Crippen LogP contribution is -2.25. The number of carbonyl (C=O) groups is 2. The summed E-state index contributed by atoms with van der Waals surface area (Å²) in [5.41, 5.74) is 2.27. The molecule has 4 atom stereocenters. The number of ketones is 2. The van der Waals surface area contributed by atoms with E-state index in [1.807, 2.05) is 24.3 Å². The summed E-state index contributed by atoms with van der Waals surface area (Å²) in [6, 6.07) is 8.07. The van der Waals surface area contributed by atoms with Gasteiger partial charge in [0.15, 0.2) is 0 Å². The Morgan fingerprint density at radius 3 is 1.78 bits per heavy atom. The Labute approximate surface area is 106 Å². The molecule has 3 aliphatic rings. The number of rotatable bonds is 0. The summed E-state index contributed by atoms with van der Waals surface area (Å²) in [6.45, 7) is 0. The highest BCUT2D eigenvalue weighted by Crippen LogP contribution is 2.50. The Morgan fingerprint density at radius 1 is 0.778 bits per heavy atom. The van der Waals surface area contributed by atoms with Crippen LogP contribution in [0.2, 0.25) is 0 Å². The molecule has 0 heterocycles. The quantitative estimate of drug-likeness (QED) is 0.698. The Hall–Kier alpha value is -1.44. The lowest BCUT2D eigenvalue weighted by molar-refractivity contribution is -0.127. The van der Waals surface area contributed by atoms with Crippen molar-refractivity contribution in [3.63, 3.8) is 0 Å². The van der Waals surface area contributed by atoms with Crippen molar-refractivity contribution in [1.29, 1.82) is 0 Å². The van der Waals surface area contributed by atoms with Gasteiger partial charge in [-0.25, -0.2) is 0 Å². The van der Waals surface area contributed by atoms with Crippen molar-refractivity contribution in [2.75, 3.05) is 0 Å². The van der Waals surface area contributed by atoms with Crippen molar-refractivity contribution in [3.8, 4) is 0 Å². The normalized spacial score (nSPS) is 37.3. The average molecular weight is 240 g/mol. The predicted octanol–water partition coefficient (Wildman–Crippen LogP) is 2.83. The Kier molecular flexibility index (Phi) is 2.06. The van der Waals surface area contributed by atoms with Gasteiger partial charge in [0.25, 0.3) is 0 Å². The van der Waals surface area contributed by atoms with Crippen LogP contribution in [0.5, 0.6) is 0 Å². The number of Topliss-reactive ketones (excluding diaryl/α,β-unsaturated/α-hetero) is 2. The molecule has 4 rings (SSSR count). The fourth-order valence-electron chi connectivity index (χ4n) is 4.24. The van der Waals surface area contributed by atoms with Crippen molar-refractivity contribution in [2.24, 2.45) is 11.8 Å². The molecule has 0 unspecified atom stereocenters. The first-order valence-corrected chi connectivity index (χ1v) is 6.92. The first-order chi connectivity index (χ1) is 8.75. The van der Waals surface area contributed by atoms with Gasteiger partial charge in [-0.3, -0.25) is 9.59 Å². The second-order valence-electron chi connectivity index (χ2n) is 5.98. The van der Waals surface area contributed by atoms with Gasteiger partial charge >= 0.3 is 0 Å². The molecule has 3 aliphatic carbocycles. The minimum Gasteiger partial charge on any atom is -0.299 e. The van der Waals surface area contributed by atoms with Gasteiger partial charge in [-0.2, -0.15) is 0 Å². The molecular weight excluding hydrogens is 224 g/mol. The molecule has 0 aliphatic heterocycles. The van der Waals surface area contributed by atoms with Crippen LogP contribution in [-0.2, 0) is 9.59 Å². The summed E-state index contributed by atoms with van der Waals surface area (Å²) in [4.78, 5) is 25.1. The van der Waals surface area contributed by atoms with E-state index in [2.05, 4.69) is 0 Å². The molecule has 0 N–H and O–H groups in total. The zero-order valence-corrected chi connectivity index (χ0v) is 10.3. The molecule has 1 aromatic rings. The summed E-state index contributed by atoms with van der Waals surface area (Å²) < 4.78 is 0. The smallest absolute Gasteiger partial charge is 0.143 e. The van der Waals surface area contributed by atoms with Gasteiger partial charge in [0, 0.05) is 23.7 Å². The third kappa shape index (κ3) is 1.23. The monoisotopic (exact) mass is 240 g/mol. The molecule has 2 saturated carbocycles. The number of hydrogen-bond donors (Lipinski definition) is 0. The fraction of sp³-hybridized carbons (Fsp3) is 0.500. The minimum atomic E-state index is -0.000741. The summed E-state index contributed by atoms with van der Waals surface area (Å²) in [5.74, 6) is 1.10. The molecule has 0 aromatic heterocycles. The third-order valence-electron chi connectivity index (χ3n) is 5.14. The van der Waals surface area contributed by atoms with Gasteiger partial charge in [-0.15, -0.1) is 0 Å². The van der Waals surface area contributed by atoms with E-state index in [1.165, 1.54) is 0 Å². The molecular formula is C16H16O2. The van der Waals surface area contributed by atoms with Crippen LogP contribution in [0.25, 0.3) is 0 Å². The molecule has 4 bridgehead atoms.